The topological polar surface area (TPSA) is 0 Å². The minimum Gasteiger partial charge on any atom is -0.126 e. The molecule has 0 fully saturated rings. The molecule has 0 aliphatic carbocycles. The van der Waals surface area contributed by atoms with Gasteiger partial charge in [0, 0.05) is 9.37 Å². The van der Waals surface area contributed by atoms with E-state index in [4.69, 9.17) is 0 Å². The third kappa shape index (κ3) is 1.87. The molecule has 15 heavy (non-hydrogen) atoms. The summed E-state index contributed by atoms with van der Waals surface area (Å²) in [5.41, 5.74) is 4.73. The lowest BCUT2D eigenvalue weighted by Gasteiger charge is -2.35. The molecule has 82 valence electrons. The van der Waals surface area contributed by atoms with Crippen molar-refractivity contribution >= 4 is 27.7 Å². The van der Waals surface area contributed by atoms with Gasteiger partial charge in [0.1, 0.15) is 0 Å². The number of halogens is 1. The lowest BCUT2D eigenvalue weighted by atomic mass is 9.79. The molecule has 1 aliphatic heterocycles. The minimum absolute atomic E-state index is 0.333. The van der Waals surface area contributed by atoms with Crippen LogP contribution in [0.4, 0.5) is 0 Å². The Morgan fingerprint density at radius 2 is 2.00 bits per heavy atom. The van der Waals surface area contributed by atoms with Crippen LogP contribution in [-0.2, 0) is 5.41 Å². The molecule has 0 unspecified atom stereocenters. The maximum atomic E-state index is 3.67. The van der Waals surface area contributed by atoms with Gasteiger partial charge < -0.3 is 0 Å². The van der Waals surface area contributed by atoms with Gasteiger partial charge in [-0.2, -0.15) is 0 Å². The van der Waals surface area contributed by atoms with Gasteiger partial charge in [-0.15, -0.1) is 11.8 Å². The van der Waals surface area contributed by atoms with Gasteiger partial charge in [-0.05, 0) is 54.2 Å². The van der Waals surface area contributed by atoms with E-state index in [1.807, 2.05) is 11.8 Å². The predicted octanol–water partition coefficient (Wildman–Crippen LogP) is 4.84. The molecular weight excluding hydrogens is 268 g/mol. The van der Waals surface area contributed by atoms with Crippen molar-refractivity contribution in [3.05, 3.63) is 27.2 Å². The highest BCUT2D eigenvalue weighted by atomic mass is 79.9. The Labute approximate surface area is 105 Å². The maximum Gasteiger partial charge on any atom is 0.0210 e. The van der Waals surface area contributed by atoms with Crippen LogP contribution in [-0.4, -0.2) is 5.75 Å². The van der Waals surface area contributed by atoms with Crippen LogP contribution in [0.1, 0.15) is 37.0 Å². The smallest absolute Gasteiger partial charge is 0.0210 e. The fraction of sp³-hybridized carbons (Fsp3) is 0.538. The number of aryl methyl sites for hydroxylation is 1. The molecule has 1 aliphatic rings. The molecule has 0 aromatic heterocycles. The molecule has 1 aromatic rings. The van der Waals surface area contributed by atoms with E-state index in [9.17, 15) is 0 Å². The van der Waals surface area contributed by atoms with E-state index in [2.05, 4.69) is 49.7 Å². The summed E-state index contributed by atoms with van der Waals surface area (Å²) in [5.74, 6) is 1.25. The van der Waals surface area contributed by atoms with Crippen molar-refractivity contribution in [2.45, 2.75) is 44.4 Å². The lowest BCUT2D eigenvalue weighted by Crippen LogP contribution is -2.24. The summed E-state index contributed by atoms with van der Waals surface area (Å²) in [6.45, 7) is 9.18. The predicted molar refractivity (Wildman–Crippen MR) is 72.0 cm³/mol. The van der Waals surface area contributed by atoms with Gasteiger partial charge in [0.25, 0.3) is 0 Å². The Balaban J connectivity index is 2.74. The van der Waals surface area contributed by atoms with Crippen molar-refractivity contribution in [1.82, 2.24) is 0 Å². The summed E-state index contributed by atoms with van der Waals surface area (Å²) in [7, 11) is 0. The molecule has 0 amide bonds. The van der Waals surface area contributed by atoms with E-state index in [-0.39, 0.29) is 0 Å². The van der Waals surface area contributed by atoms with E-state index in [0.29, 0.717) is 5.41 Å². The van der Waals surface area contributed by atoms with Gasteiger partial charge >= 0.3 is 0 Å². The molecule has 1 aromatic carbocycles. The lowest BCUT2D eigenvalue weighted by molar-refractivity contribution is 0.489. The van der Waals surface area contributed by atoms with Crippen LogP contribution in [0.5, 0.6) is 0 Å². The molecule has 0 radical (unpaired) electrons. The molecule has 0 atom stereocenters. The summed E-state index contributed by atoms with van der Waals surface area (Å²) in [5, 5.41) is 0. The highest BCUT2D eigenvalue weighted by Crippen LogP contribution is 2.46. The van der Waals surface area contributed by atoms with Crippen LogP contribution in [0.3, 0.4) is 0 Å². The average Bonchev–Trinajstić information content (AvgIpc) is 2.13. The number of thioether (sulfide) groups is 1. The molecule has 2 heteroatoms. The minimum atomic E-state index is 0.333. The summed E-state index contributed by atoms with van der Waals surface area (Å²) >= 11 is 5.69. The zero-order chi connectivity index (χ0) is 11.2. The van der Waals surface area contributed by atoms with Gasteiger partial charge in [-0.25, -0.2) is 0 Å². The maximum absolute atomic E-state index is 3.67. The van der Waals surface area contributed by atoms with Crippen molar-refractivity contribution < 1.29 is 0 Å². The highest BCUT2D eigenvalue weighted by molar-refractivity contribution is 9.10. The van der Waals surface area contributed by atoms with Gasteiger partial charge in [-0.1, -0.05) is 29.8 Å². The molecule has 0 nitrogen and oxygen atoms in total. The van der Waals surface area contributed by atoms with E-state index in [0.717, 1.165) is 0 Å². The van der Waals surface area contributed by atoms with Crippen LogP contribution < -0.4 is 0 Å². The van der Waals surface area contributed by atoms with Crippen LogP contribution in [0.25, 0.3) is 0 Å². The highest BCUT2D eigenvalue weighted by Gasteiger charge is 2.31. The second kappa shape index (κ2) is 3.81. The average molecular weight is 285 g/mol. The zero-order valence-electron chi connectivity index (χ0n) is 9.78. The third-order valence-corrected chi connectivity index (χ3v) is 5.36. The van der Waals surface area contributed by atoms with E-state index < -0.39 is 0 Å². The molecule has 0 spiro atoms. The number of hydrogen-bond acceptors (Lipinski definition) is 1. The van der Waals surface area contributed by atoms with Crippen LogP contribution in [0.15, 0.2) is 15.4 Å². The molecular formula is C13H17BrS. The van der Waals surface area contributed by atoms with Gasteiger partial charge in [-0.3, -0.25) is 0 Å². The Bertz CT molecular complexity index is 407. The number of benzene rings is 1. The largest absolute Gasteiger partial charge is 0.126 e. The first-order valence-electron chi connectivity index (χ1n) is 5.36. The summed E-state index contributed by atoms with van der Waals surface area (Å²) in [6.07, 6.45) is 1.28. The number of hydrogen-bond donors (Lipinski definition) is 0. The Morgan fingerprint density at radius 1 is 1.33 bits per heavy atom. The summed E-state index contributed by atoms with van der Waals surface area (Å²) in [6, 6.07) is 2.25. The Morgan fingerprint density at radius 3 is 2.67 bits per heavy atom. The molecule has 0 saturated carbocycles. The second-order valence-electron chi connectivity index (χ2n) is 4.99. The van der Waals surface area contributed by atoms with E-state index in [1.54, 1.807) is 5.56 Å². The van der Waals surface area contributed by atoms with E-state index >= 15 is 0 Å². The first-order chi connectivity index (χ1) is 6.93. The summed E-state index contributed by atoms with van der Waals surface area (Å²) in [4.78, 5) is 1.52. The molecule has 2 rings (SSSR count). The Kier molecular flexibility index (Phi) is 2.93. The van der Waals surface area contributed by atoms with E-state index in [1.165, 1.54) is 32.7 Å². The van der Waals surface area contributed by atoms with Crippen LogP contribution in [0, 0.1) is 13.8 Å². The van der Waals surface area contributed by atoms with Crippen LogP contribution >= 0.6 is 27.7 Å². The van der Waals surface area contributed by atoms with Crippen molar-refractivity contribution in [1.29, 1.82) is 0 Å². The zero-order valence-corrected chi connectivity index (χ0v) is 12.2. The second-order valence-corrected chi connectivity index (χ2v) is 6.95. The SMILES string of the molecule is Cc1cc(Br)c(C)c2c1SCCC2(C)C. The molecule has 0 bridgehead atoms. The fourth-order valence-corrected chi connectivity index (χ4v) is 4.60. The molecule has 0 saturated heterocycles. The fourth-order valence-electron chi connectivity index (χ4n) is 2.38. The van der Waals surface area contributed by atoms with Crippen molar-refractivity contribution in [3.8, 4) is 0 Å². The van der Waals surface area contributed by atoms with Crippen molar-refractivity contribution in [2.24, 2.45) is 0 Å². The number of rotatable bonds is 0. The number of fused-ring (bicyclic) bond motifs is 1. The Hall–Kier alpha value is 0.0500. The van der Waals surface area contributed by atoms with Crippen molar-refractivity contribution in [3.63, 3.8) is 0 Å². The molecule has 0 N–H and O–H groups in total. The van der Waals surface area contributed by atoms with Gasteiger partial charge in [0.15, 0.2) is 0 Å². The summed E-state index contributed by atoms with van der Waals surface area (Å²) < 4.78 is 1.26. The van der Waals surface area contributed by atoms with Gasteiger partial charge in [0.05, 0.1) is 0 Å². The van der Waals surface area contributed by atoms with Gasteiger partial charge in [0.2, 0.25) is 0 Å². The van der Waals surface area contributed by atoms with Crippen molar-refractivity contribution in [2.75, 3.05) is 5.75 Å². The first kappa shape index (κ1) is 11.5. The quantitative estimate of drug-likeness (QED) is 0.657. The molecule has 1 heterocycles. The normalized spacial score (nSPS) is 18.7. The monoisotopic (exact) mass is 284 g/mol. The third-order valence-electron chi connectivity index (χ3n) is 3.31. The standard InChI is InChI=1S/C13H17BrS/c1-8-7-10(14)9(2)11-12(8)15-6-5-13(11,3)4/h7H,5-6H2,1-4H3. The first-order valence-corrected chi connectivity index (χ1v) is 7.14. The van der Waals surface area contributed by atoms with Crippen LogP contribution in [0.2, 0.25) is 0 Å².